The number of nitrogens with zero attached hydrogens (tertiary/aromatic N) is 3. The SMILES string of the molecule is C#I1[C@@H]2Cc3cc(F)c(S(N)(=O)=O)cc3N2C(=O)[C@H]2CN(c3ccc(-c4ccccn4)cc3)C21C. The number of carbonyl (C=O) groups is 1. The topological polar surface area (TPSA) is 96.6 Å². The molecule has 0 bridgehead atoms. The molecule has 10 heteroatoms. The van der Waals surface area contributed by atoms with Gasteiger partial charge in [0.05, 0.1) is 19.2 Å². The molecule has 2 aromatic carbocycles. The Bertz CT molecular complexity index is 1570. The highest BCUT2D eigenvalue weighted by molar-refractivity contribution is 14.2. The first kappa shape index (κ1) is 22.7. The molecule has 0 spiro atoms. The average molecular weight is 604 g/mol. The van der Waals surface area contributed by atoms with Gasteiger partial charge in [-0.25, -0.2) is 17.9 Å². The summed E-state index contributed by atoms with van der Waals surface area (Å²) in [5.41, 5.74) is 3.90. The second-order valence-electron chi connectivity index (χ2n) is 9.10. The van der Waals surface area contributed by atoms with Gasteiger partial charge in [-0.05, 0) is 48.9 Å². The number of primary sulfonamides is 1. The van der Waals surface area contributed by atoms with Crippen molar-refractivity contribution < 1.29 is 17.6 Å². The number of halogens is 2. The van der Waals surface area contributed by atoms with E-state index < -0.39 is 43.4 Å². The van der Waals surface area contributed by atoms with Gasteiger partial charge < -0.3 is 4.90 Å². The molecular weight excluding hydrogens is 582 g/mol. The van der Waals surface area contributed by atoms with Crippen LogP contribution in [-0.2, 0) is 21.2 Å². The number of benzene rings is 2. The first-order valence-electron chi connectivity index (χ1n) is 11.0. The monoisotopic (exact) mass is 604 g/mol. The number of rotatable bonds is 3. The number of aromatic nitrogens is 1. The molecule has 180 valence electrons. The number of alkyl halides is 2. The zero-order valence-corrected chi connectivity index (χ0v) is 21.7. The van der Waals surface area contributed by atoms with E-state index in [4.69, 9.17) is 9.45 Å². The minimum absolute atomic E-state index is 0.0939. The predicted molar refractivity (Wildman–Crippen MR) is 141 cm³/mol. The minimum Gasteiger partial charge on any atom is -0.356 e. The Labute approximate surface area is 209 Å². The van der Waals surface area contributed by atoms with Gasteiger partial charge in [-0.15, -0.1) is 4.31 Å². The number of sulfonamides is 1. The summed E-state index contributed by atoms with van der Waals surface area (Å²) in [5.74, 6) is -1.30. The lowest BCUT2D eigenvalue weighted by atomic mass is 9.87. The molecule has 0 radical (unpaired) electrons. The van der Waals surface area contributed by atoms with Crippen molar-refractivity contribution in [2.45, 2.75) is 25.8 Å². The van der Waals surface area contributed by atoms with Gasteiger partial charge in [-0.2, -0.15) is 0 Å². The number of anilines is 2. The normalized spacial score (nSPS) is 25.6. The highest BCUT2D eigenvalue weighted by atomic mass is 127. The summed E-state index contributed by atoms with van der Waals surface area (Å²) in [7, 11) is -4.26. The van der Waals surface area contributed by atoms with E-state index in [1.54, 1.807) is 11.1 Å². The van der Waals surface area contributed by atoms with Crippen molar-refractivity contribution in [1.29, 1.82) is 0 Å². The molecule has 1 aromatic heterocycles. The zero-order chi connectivity index (χ0) is 24.7. The number of pyridine rings is 1. The molecule has 0 aliphatic carbocycles. The van der Waals surface area contributed by atoms with E-state index in [1.807, 2.05) is 42.5 Å². The fraction of sp³-hybridized carbons (Fsp3) is 0.240. The van der Waals surface area contributed by atoms with Crippen LogP contribution in [0, 0.1) is 16.0 Å². The second kappa shape index (κ2) is 7.60. The van der Waals surface area contributed by atoms with Crippen molar-refractivity contribution in [2.24, 2.45) is 11.1 Å². The Balaban J connectivity index is 1.33. The van der Waals surface area contributed by atoms with Crippen molar-refractivity contribution >= 4 is 46.4 Å². The summed E-state index contributed by atoms with van der Waals surface area (Å²) in [6.07, 6.45) is 2.17. The van der Waals surface area contributed by atoms with Crippen LogP contribution in [0.5, 0.6) is 0 Å². The Kier molecular flexibility index (Phi) is 4.92. The summed E-state index contributed by atoms with van der Waals surface area (Å²) < 4.78 is 44.5. The Hall–Kier alpha value is -2.79. The van der Waals surface area contributed by atoms with E-state index in [2.05, 4.69) is 16.8 Å². The van der Waals surface area contributed by atoms with Gasteiger partial charge in [0.2, 0.25) is 15.9 Å². The maximum absolute atomic E-state index is 14.5. The number of nitrogens with two attached hydrogens (primary N) is 1. The molecule has 1 unspecified atom stereocenters. The molecule has 4 heterocycles. The summed E-state index contributed by atoms with van der Waals surface area (Å²) >= 11 is -2.39. The largest absolute Gasteiger partial charge is 0.356 e. The van der Waals surface area contributed by atoms with Crippen LogP contribution >= 0.6 is 19.1 Å². The average Bonchev–Trinajstić information content (AvgIpc) is 3.20. The van der Waals surface area contributed by atoms with E-state index in [0.717, 1.165) is 16.9 Å². The van der Waals surface area contributed by atoms with Crippen LogP contribution in [0.1, 0.15) is 12.5 Å². The van der Waals surface area contributed by atoms with Crippen LogP contribution in [0.15, 0.2) is 65.7 Å². The quantitative estimate of drug-likeness (QED) is 0.280. The molecule has 3 aromatic rings. The molecule has 1 amide bonds. The molecule has 3 aliphatic rings. The summed E-state index contributed by atoms with van der Waals surface area (Å²) in [6, 6.07) is 16.2. The third-order valence-electron chi connectivity index (χ3n) is 7.29. The number of hydrogen-bond donors (Lipinski definition) is 1. The van der Waals surface area contributed by atoms with Crippen LogP contribution in [-0.4, -0.2) is 33.4 Å². The van der Waals surface area contributed by atoms with E-state index >= 15 is 0 Å². The van der Waals surface area contributed by atoms with Crippen LogP contribution in [0.2, 0.25) is 0 Å². The molecule has 3 aliphatic heterocycles. The number of amides is 1. The third kappa shape index (κ3) is 3.20. The third-order valence-corrected chi connectivity index (χ3v) is 14.6. The van der Waals surface area contributed by atoms with Gasteiger partial charge in [-0.1, -0.05) is 37.3 Å². The predicted octanol–water partition coefficient (Wildman–Crippen LogP) is 3.71. The van der Waals surface area contributed by atoms with Crippen LogP contribution in [0.4, 0.5) is 15.8 Å². The van der Waals surface area contributed by atoms with Crippen LogP contribution in [0.25, 0.3) is 11.3 Å². The smallest absolute Gasteiger partial charge is 0.241 e. The molecular formula is C25H22FIN4O3S. The number of carbonyl (C=O) groups excluding carboxylic acids is 1. The van der Waals surface area contributed by atoms with Crippen molar-refractivity contribution in [3.63, 3.8) is 0 Å². The molecule has 6 rings (SSSR count). The fourth-order valence-corrected chi connectivity index (χ4v) is 12.0. The van der Waals surface area contributed by atoms with E-state index in [1.165, 1.54) is 12.1 Å². The van der Waals surface area contributed by atoms with Crippen molar-refractivity contribution in [3.05, 3.63) is 72.2 Å². The number of fused-ring (bicyclic) bond motifs is 4. The highest BCUT2D eigenvalue weighted by Gasteiger charge is 2.63. The van der Waals surface area contributed by atoms with E-state index in [9.17, 15) is 17.6 Å². The first-order chi connectivity index (χ1) is 16.6. The summed E-state index contributed by atoms with van der Waals surface area (Å²) in [6.45, 7) is 2.58. The van der Waals surface area contributed by atoms with Crippen LogP contribution < -0.4 is 14.9 Å². The molecule has 2 N–H and O–H groups in total. The molecule has 35 heavy (non-hydrogen) atoms. The minimum atomic E-state index is -4.26. The Morgan fingerprint density at radius 1 is 1.20 bits per heavy atom. The van der Waals surface area contributed by atoms with E-state index in [-0.39, 0.29) is 15.9 Å². The van der Waals surface area contributed by atoms with Gasteiger partial charge in [0.15, 0.2) is 0 Å². The van der Waals surface area contributed by atoms with Gasteiger partial charge in [0.25, 0.3) is 0 Å². The summed E-state index contributed by atoms with van der Waals surface area (Å²) in [4.78, 5) is 21.3. The first-order valence-corrected chi connectivity index (χ1v) is 16.1. The molecule has 0 saturated carbocycles. The Morgan fingerprint density at radius 3 is 2.60 bits per heavy atom. The number of hydrogen-bond acceptors (Lipinski definition) is 5. The second-order valence-corrected chi connectivity index (χ2v) is 16.2. The molecule has 3 atom stereocenters. The van der Waals surface area contributed by atoms with Gasteiger partial charge in [0, 0.05) is 36.1 Å². The highest BCUT2D eigenvalue weighted by Crippen LogP contribution is 2.63. The molecule has 7 nitrogen and oxygen atoms in total. The zero-order valence-electron chi connectivity index (χ0n) is 18.7. The van der Waals surface area contributed by atoms with Gasteiger partial charge in [-0.3, -0.25) is 14.7 Å². The molecule has 2 fully saturated rings. The maximum Gasteiger partial charge on any atom is 0.241 e. The standard InChI is InChI=1S/C25H22FIN4O3S/c1-25-18(14-30(25)17-8-6-15(7-9-17)20-5-3-4-10-29-20)24(32)31-21-13-22(35(28,33)34)19(26)11-16(21)12-23(31)27(25)2/h2-11,13,18,23H,12,14H2,1H3,(H2,28,33,34)/t18-,23+,25?/m1/s1. The Morgan fingerprint density at radius 2 is 1.94 bits per heavy atom. The van der Waals surface area contributed by atoms with Crippen LogP contribution in [0.3, 0.4) is 0 Å². The van der Waals surface area contributed by atoms with Crippen molar-refractivity contribution in [3.8, 4) is 15.6 Å². The maximum atomic E-state index is 14.5. The van der Waals surface area contributed by atoms with E-state index in [0.29, 0.717) is 24.2 Å². The van der Waals surface area contributed by atoms with Crippen molar-refractivity contribution in [1.82, 2.24) is 4.98 Å². The summed E-state index contributed by atoms with van der Waals surface area (Å²) in [5, 5.41) is 5.20. The lowest BCUT2D eigenvalue weighted by molar-refractivity contribution is -0.124. The lowest BCUT2D eigenvalue weighted by Crippen LogP contribution is -2.72. The van der Waals surface area contributed by atoms with Crippen molar-refractivity contribution in [2.75, 3.05) is 16.3 Å². The fourth-order valence-electron chi connectivity index (χ4n) is 5.36. The van der Waals surface area contributed by atoms with Gasteiger partial charge >= 0.3 is 0 Å². The molecule has 2 saturated heterocycles. The lowest BCUT2D eigenvalue weighted by Gasteiger charge is -2.62. The van der Waals surface area contributed by atoms with Gasteiger partial charge in [0.1, 0.15) is 10.7 Å².